The average molecular weight is 371 g/mol. The van der Waals surface area contributed by atoms with Crippen LogP contribution in [0.2, 0.25) is 0 Å². The van der Waals surface area contributed by atoms with Crippen molar-refractivity contribution in [2.24, 2.45) is 5.73 Å². The molecule has 1 unspecified atom stereocenters. The van der Waals surface area contributed by atoms with E-state index in [9.17, 15) is 4.79 Å². The van der Waals surface area contributed by atoms with Gasteiger partial charge in [-0.05, 0) is 26.2 Å². The molecule has 1 saturated carbocycles. The van der Waals surface area contributed by atoms with Gasteiger partial charge in [0.25, 0.3) is 0 Å². The van der Waals surface area contributed by atoms with E-state index in [1.165, 1.54) is 39.2 Å². The Hall–Kier alpha value is -0.690. The van der Waals surface area contributed by atoms with Crippen LogP contribution in [0.4, 0.5) is 0 Å². The molecule has 1 aliphatic carbocycles. The van der Waals surface area contributed by atoms with Gasteiger partial charge in [0.2, 0.25) is 0 Å². The highest BCUT2D eigenvalue weighted by Crippen LogP contribution is 2.22. The van der Waals surface area contributed by atoms with Gasteiger partial charge in [0, 0.05) is 57.9 Å². The molecule has 0 aromatic heterocycles. The minimum absolute atomic E-state index is 0.152. The van der Waals surface area contributed by atoms with Gasteiger partial charge in [-0.3, -0.25) is 14.6 Å². The molecule has 0 saturated heterocycles. The van der Waals surface area contributed by atoms with E-state index in [4.69, 9.17) is 5.73 Å². The summed E-state index contributed by atoms with van der Waals surface area (Å²) >= 11 is 0. The van der Waals surface area contributed by atoms with Crippen LogP contribution in [0.3, 0.4) is 0 Å². The number of nitrogens with zero attached hydrogens (tertiary/aromatic N) is 2. The first-order chi connectivity index (χ1) is 12.6. The fourth-order valence-corrected chi connectivity index (χ4v) is 3.80. The Labute approximate surface area is 160 Å². The zero-order chi connectivity index (χ0) is 19.2. The van der Waals surface area contributed by atoms with Crippen molar-refractivity contribution < 1.29 is 9.53 Å². The predicted octanol–water partition coefficient (Wildman–Crippen LogP) is 1.83. The summed E-state index contributed by atoms with van der Waals surface area (Å²) in [4.78, 5) is 16.4. The summed E-state index contributed by atoms with van der Waals surface area (Å²) in [6.07, 6.45) is 8.38. The first-order valence-corrected chi connectivity index (χ1v) is 10.6. The number of hydrogen-bond donors (Lipinski definition) is 2. The van der Waals surface area contributed by atoms with Crippen LogP contribution in [0.5, 0.6) is 0 Å². The number of ether oxygens (including phenoxy) is 1. The largest absolute Gasteiger partial charge is 0.469 e. The van der Waals surface area contributed by atoms with Crippen molar-refractivity contribution in [3.63, 3.8) is 0 Å². The van der Waals surface area contributed by atoms with Gasteiger partial charge in [-0.15, -0.1) is 0 Å². The van der Waals surface area contributed by atoms with Crippen LogP contribution < -0.4 is 11.1 Å². The number of nitrogens with one attached hydrogen (secondary N) is 1. The molecule has 1 aliphatic rings. The minimum Gasteiger partial charge on any atom is -0.469 e. The third kappa shape index (κ3) is 9.31. The second-order valence-electron chi connectivity index (χ2n) is 7.49. The molecule has 0 spiro atoms. The van der Waals surface area contributed by atoms with Gasteiger partial charge in [0.1, 0.15) is 0 Å². The summed E-state index contributed by atoms with van der Waals surface area (Å²) in [5, 5.41) is 3.36. The molecule has 154 valence electrons. The molecule has 1 atom stereocenters. The lowest BCUT2D eigenvalue weighted by atomic mass is 9.94. The third-order valence-corrected chi connectivity index (χ3v) is 5.71. The molecular weight excluding hydrogens is 328 g/mol. The lowest BCUT2D eigenvalue weighted by Crippen LogP contribution is -2.47. The zero-order valence-corrected chi connectivity index (χ0v) is 17.3. The molecule has 0 aromatic carbocycles. The average Bonchev–Trinajstić information content (AvgIpc) is 2.68. The van der Waals surface area contributed by atoms with Crippen molar-refractivity contribution >= 4 is 5.97 Å². The summed E-state index contributed by atoms with van der Waals surface area (Å²) in [5.74, 6) is -0.152. The number of esters is 1. The van der Waals surface area contributed by atoms with E-state index in [0.29, 0.717) is 19.0 Å². The molecule has 0 aliphatic heterocycles. The minimum atomic E-state index is -0.152. The Balaban J connectivity index is 2.39. The highest BCUT2D eigenvalue weighted by atomic mass is 16.5. The molecule has 0 bridgehead atoms. The summed E-state index contributed by atoms with van der Waals surface area (Å²) in [5.41, 5.74) is 5.87. The highest BCUT2D eigenvalue weighted by molar-refractivity contribution is 5.69. The van der Waals surface area contributed by atoms with Crippen molar-refractivity contribution in [3.05, 3.63) is 0 Å². The second kappa shape index (κ2) is 14.4. The number of carbonyl (C=O) groups excluding carboxylic acids is 1. The molecule has 6 nitrogen and oxygen atoms in total. The van der Waals surface area contributed by atoms with E-state index in [0.717, 1.165) is 51.7 Å². The molecule has 0 amide bonds. The summed E-state index contributed by atoms with van der Waals surface area (Å²) in [6, 6.07) is 1.30. The zero-order valence-electron chi connectivity index (χ0n) is 17.3. The van der Waals surface area contributed by atoms with Crippen LogP contribution in [0.15, 0.2) is 0 Å². The summed E-state index contributed by atoms with van der Waals surface area (Å²) in [7, 11) is 1.44. The molecule has 0 radical (unpaired) electrons. The van der Waals surface area contributed by atoms with Crippen molar-refractivity contribution in [1.29, 1.82) is 0 Å². The Bertz CT molecular complexity index is 362. The number of rotatable bonds is 14. The van der Waals surface area contributed by atoms with E-state index in [-0.39, 0.29) is 5.97 Å². The smallest absolute Gasteiger partial charge is 0.306 e. The molecule has 6 heteroatoms. The van der Waals surface area contributed by atoms with Gasteiger partial charge in [0.05, 0.1) is 13.5 Å². The van der Waals surface area contributed by atoms with E-state index in [2.05, 4.69) is 33.7 Å². The van der Waals surface area contributed by atoms with Gasteiger partial charge in [-0.1, -0.05) is 26.2 Å². The van der Waals surface area contributed by atoms with Crippen molar-refractivity contribution in [3.8, 4) is 0 Å². The number of hydrogen-bond acceptors (Lipinski definition) is 6. The Kier molecular flexibility index (Phi) is 12.9. The van der Waals surface area contributed by atoms with Crippen molar-refractivity contribution in [1.82, 2.24) is 15.1 Å². The van der Waals surface area contributed by atoms with Gasteiger partial charge in [-0.25, -0.2) is 0 Å². The van der Waals surface area contributed by atoms with Crippen LogP contribution in [0, 0.1) is 0 Å². The monoisotopic (exact) mass is 370 g/mol. The third-order valence-electron chi connectivity index (χ3n) is 5.71. The van der Waals surface area contributed by atoms with E-state index in [1.54, 1.807) is 0 Å². The van der Waals surface area contributed by atoms with Gasteiger partial charge < -0.3 is 15.8 Å². The first-order valence-electron chi connectivity index (χ1n) is 10.6. The topological polar surface area (TPSA) is 70.8 Å². The molecule has 26 heavy (non-hydrogen) atoms. The molecule has 0 heterocycles. The lowest BCUT2D eigenvalue weighted by molar-refractivity contribution is -0.140. The second-order valence-corrected chi connectivity index (χ2v) is 7.49. The standard InChI is InChI=1S/C20H42N4O2/c1-4-18(2)23(15-13-22-12-10-20(25)26-3)16-17-24(14-11-21)19-8-6-5-7-9-19/h18-19,22H,4-17,21H2,1-3H3. The van der Waals surface area contributed by atoms with Gasteiger partial charge in [0.15, 0.2) is 0 Å². The van der Waals surface area contributed by atoms with Gasteiger partial charge in [-0.2, -0.15) is 0 Å². The Morgan fingerprint density at radius 1 is 1.15 bits per heavy atom. The summed E-state index contributed by atoms with van der Waals surface area (Å²) < 4.78 is 4.67. The SMILES string of the molecule is CCC(C)N(CCNCCC(=O)OC)CCN(CCN)C1CCCCC1. The Morgan fingerprint density at radius 2 is 1.88 bits per heavy atom. The summed E-state index contributed by atoms with van der Waals surface area (Å²) in [6.45, 7) is 11.1. The molecule has 1 rings (SSSR count). The van der Waals surface area contributed by atoms with Crippen molar-refractivity contribution in [2.75, 3.05) is 52.9 Å². The molecular formula is C20H42N4O2. The maximum absolute atomic E-state index is 11.2. The maximum Gasteiger partial charge on any atom is 0.306 e. The predicted molar refractivity (Wildman–Crippen MR) is 108 cm³/mol. The number of carbonyl (C=O) groups is 1. The van der Waals surface area contributed by atoms with Crippen LogP contribution in [-0.4, -0.2) is 80.8 Å². The number of methoxy groups -OCH3 is 1. The van der Waals surface area contributed by atoms with E-state index < -0.39 is 0 Å². The fourth-order valence-electron chi connectivity index (χ4n) is 3.80. The molecule has 0 aromatic rings. The highest BCUT2D eigenvalue weighted by Gasteiger charge is 2.21. The first kappa shape index (κ1) is 23.3. The fraction of sp³-hybridized carbons (Fsp3) is 0.950. The quantitative estimate of drug-likeness (QED) is 0.359. The lowest BCUT2D eigenvalue weighted by Gasteiger charge is -2.37. The van der Waals surface area contributed by atoms with E-state index >= 15 is 0 Å². The number of nitrogens with two attached hydrogens (primary N) is 1. The normalized spacial score (nSPS) is 17.0. The van der Waals surface area contributed by atoms with Crippen molar-refractivity contribution in [2.45, 2.75) is 70.9 Å². The van der Waals surface area contributed by atoms with Crippen LogP contribution in [-0.2, 0) is 9.53 Å². The molecule has 3 N–H and O–H groups in total. The van der Waals surface area contributed by atoms with E-state index in [1.807, 2.05) is 0 Å². The van der Waals surface area contributed by atoms with Gasteiger partial charge >= 0.3 is 5.97 Å². The van der Waals surface area contributed by atoms with Crippen LogP contribution >= 0.6 is 0 Å². The Morgan fingerprint density at radius 3 is 2.50 bits per heavy atom. The maximum atomic E-state index is 11.2. The van der Waals surface area contributed by atoms with Crippen LogP contribution in [0.25, 0.3) is 0 Å². The molecule has 1 fully saturated rings. The van der Waals surface area contributed by atoms with Crippen LogP contribution in [0.1, 0.15) is 58.8 Å².